The molecule has 0 fully saturated rings. The van der Waals surface area contributed by atoms with E-state index >= 15 is 0 Å². The van der Waals surface area contributed by atoms with Gasteiger partial charge in [-0.25, -0.2) is 8.42 Å². The molecule has 0 bridgehead atoms. The van der Waals surface area contributed by atoms with Crippen molar-refractivity contribution in [1.29, 1.82) is 5.41 Å². The van der Waals surface area contributed by atoms with E-state index in [1.54, 1.807) is 0 Å². The van der Waals surface area contributed by atoms with Crippen LogP contribution in [-0.2, 0) is 20.1 Å². The maximum absolute atomic E-state index is 11.3. The van der Waals surface area contributed by atoms with Crippen LogP contribution in [0.25, 0.3) is 0 Å². The molecular weight excluding hydrogens is 268 g/mol. The number of hydrogen-bond acceptors (Lipinski definition) is 5. The lowest BCUT2D eigenvalue weighted by molar-refractivity contribution is 0.483. The predicted octanol–water partition coefficient (Wildman–Crippen LogP) is 0.325. The highest BCUT2D eigenvalue weighted by atomic mass is 32.2. The third kappa shape index (κ3) is 3.80. The summed E-state index contributed by atoms with van der Waals surface area (Å²) in [6, 6.07) is 5.02. The van der Waals surface area contributed by atoms with Gasteiger partial charge in [0.1, 0.15) is 10.6 Å². The molecule has 7 nitrogen and oxygen atoms in total. The Bertz CT molecular complexity index is 621. The first-order valence-electron chi connectivity index (χ1n) is 4.32. The summed E-state index contributed by atoms with van der Waals surface area (Å²) in [6.07, 6.45) is 0.665. The quantitative estimate of drug-likeness (QED) is 0.528. The van der Waals surface area contributed by atoms with Gasteiger partial charge in [0.05, 0.1) is 5.69 Å². The Labute approximate surface area is 98.8 Å². The molecule has 0 heterocycles. The number of hydrogen-bond donors (Lipinski definition) is 3. The molecule has 0 spiro atoms. The van der Waals surface area contributed by atoms with Crippen molar-refractivity contribution in [1.82, 2.24) is 0 Å². The summed E-state index contributed by atoms with van der Waals surface area (Å²) in [7, 11) is -8.34. The van der Waals surface area contributed by atoms with Crippen molar-refractivity contribution < 1.29 is 21.4 Å². The van der Waals surface area contributed by atoms with Gasteiger partial charge < -0.3 is 5.41 Å². The smallest absolute Gasteiger partial charge is 0.296 e. The van der Waals surface area contributed by atoms with Gasteiger partial charge in [-0.1, -0.05) is 12.1 Å². The van der Waals surface area contributed by atoms with Crippen molar-refractivity contribution in [3.63, 3.8) is 0 Å². The van der Waals surface area contributed by atoms with Crippen molar-refractivity contribution in [2.75, 3.05) is 10.5 Å². The van der Waals surface area contributed by atoms with Gasteiger partial charge in [-0.3, -0.25) is 9.27 Å². The first-order valence-corrected chi connectivity index (χ1v) is 7.41. The fourth-order valence-corrected chi connectivity index (χ4v) is 2.62. The van der Waals surface area contributed by atoms with Crippen LogP contribution < -0.4 is 4.72 Å². The molecule has 0 unspecified atom stereocenters. The summed E-state index contributed by atoms with van der Waals surface area (Å²) in [5.74, 6) is -0.577. The second-order valence-electron chi connectivity index (χ2n) is 3.06. The second-order valence-corrected chi connectivity index (χ2v) is 6.22. The van der Waals surface area contributed by atoms with E-state index in [0.717, 1.165) is 6.07 Å². The molecule has 0 atom stereocenters. The molecule has 1 rings (SSSR count). The van der Waals surface area contributed by atoms with Gasteiger partial charge in [0, 0.05) is 6.21 Å². The summed E-state index contributed by atoms with van der Waals surface area (Å²) < 4.78 is 55.5. The van der Waals surface area contributed by atoms with Crippen LogP contribution in [0.1, 0.15) is 0 Å². The Kier molecular flexibility index (Phi) is 3.86. The molecule has 0 aliphatic heterocycles. The summed E-state index contributed by atoms with van der Waals surface area (Å²) in [6.45, 7) is 0. The van der Waals surface area contributed by atoms with E-state index in [-0.39, 0.29) is 5.69 Å². The molecule has 94 valence electrons. The van der Waals surface area contributed by atoms with E-state index < -0.39 is 30.8 Å². The van der Waals surface area contributed by atoms with Crippen molar-refractivity contribution in [3.8, 4) is 0 Å². The van der Waals surface area contributed by atoms with Crippen molar-refractivity contribution in [3.05, 3.63) is 24.3 Å². The molecule has 0 aliphatic carbocycles. The van der Waals surface area contributed by atoms with Crippen LogP contribution in [0, 0.1) is 5.41 Å². The molecule has 1 aromatic rings. The highest BCUT2D eigenvalue weighted by molar-refractivity contribution is 7.93. The zero-order valence-corrected chi connectivity index (χ0v) is 10.1. The minimum Gasteiger partial charge on any atom is -0.312 e. The molecule has 3 N–H and O–H groups in total. The Morgan fingerprint density at radius 1 is 1.24 bits per heavy atom. The van der Waals surface area contributed by atoms with Crippen LogP contribution in [0.3, 0.4) is 0 Å². The van der Waals surface area contributed by atoms with Gasteiger partial charge in [0.15, 0.2) is 0 Å². The number of para-hydroxylation sites is 1. The first-order chi connectivity index (χ1) is 7.76. The average molecular weight is 278 g/mol. The Morgan fingerprint density at radius 3 is 2.35 bits per heavy atom. The number of nitrogens with one attached hydrogen (secondary N) is 2. The zero-order chi connectivity index (χ0) is 13.1. The minimum absolute atomic E-state index is 0.253. The van der Waals surface area contributed by atoms with Gasteiger partial charge in [-0.05, 0) is 12.1 Å². The van der Waals surface area contributed by atoms with Crippen molar-refractivity contribution in [2.24, 2.45) is 0 Å². The average Bonchev–Trinajstić information content (AvgIpc) is 2.15. The van der Waals surface area contributed by atoms with E-state index in [0.29, 0.717) is 6.21 Å². The molecule has 0 aromatic heterocycles. The Balaban J connectivity index is 3.21. The number of sulfonamides is 1. The van der Waals surface area contributed by atoms with E-state index in [4.69, 9.17) is 9.96 Å². The molecule has 0 saturated heterocycles. The number of benzene rings is 1. The molecular formula is C8H10N2O5S2. The molecule has 9 heteroatoms. The van der Waals surface area contributed by atoms with Crippen LogP contribution in [0.2, 0.25) is 0 Å². The normalized spacial score (nSPS) is 12.1. The topological polar surface area (TPSA) is 124 Å². The lowest BCUT2D eigenvalue weighted by Gasteiger charge is -2.09. The van der Waals surface area contributed by atoms with Gasteiger partial charge in [-0.15, -0.1) is 0 Å². The monoisotopic (exact) mass is 278 g/mol. The van der Waals surface area contributed by atoms with E-state index in [2.05, 4.69) is 0 Å². The molecule has 17 heavy (non-hydrogen) atoms. The van der Waals surface area contributed by atoms with E-state index in [9.17, 15) is 16.8 Å². The Hall–Kier alpha value is -1.45. The van der Waals surface area contributed by atoms with E-state index in [1.165, 1.54) is 18.2 Å². The van der Waals surface area contributed by atoms with Crippen LogP contribution in [0.4, 0.5) is 5.69 Å². The molecule has 0 radical (unpaired) electrons. The first kappa shape index (κ1) is 13.6. The standard InChI is InChI=1S/C8H10N2O5S2/c9-5-6-16(11,12)10-7-3-1-2-4-8(7)17(13,14)15/h1-5,9-10H,6H2,(H,13,14,15). The van der Waals surface area contributed by atoms with Crippen LogP contribution in [0.5, 0.6) is 0 Å². The number of anilines is 1. The second kappa shape index (κ2) is 4.82. The summed E-state index contributed by atoms with van der Waals surface area (Å²) in [5.41, 5.74) is -0.253. The van der Waals surface area contributed by atoms with Gasteiger partial charge in [0.2, 0.25) is 10.0 Å². The fraction of sp³-hybridized carbons (Fsp3) is 0.125. The largest absolute Gasteiger partial charge is 0.312 e. The maximum Gasteiger partial charge on any atom is 0.296 e. The lowest BCUT2D eigenvalue weighted by atomic mass is 10.3. The van der Waals surface area contributed by atoms with Gasteiger partial charge in [-0.2, -0.15) is 8.42 Å². The lowest BCUT2D eigenvalue weighted by Crippen LogP contribution is -2.18. The number of rotatable bonds is 5. The predicted molar refractivity (Wildman–Crippen MR) is 62.4 cm³/mol. The fourth-order valence-electron chi connectivity index (χ4n) is 1.09. The minimum atomic E-state index is -4.50. The van der Waals surface area contributed by atoms with Crippen molar-refractivity contribution in [2.45, 2.75) is 4.90 Å². The maximum atomic E-state index is 11.3. The third-order valence-electron chi connectivity index (χ3n) is 1.73. The molecule has 0 aliphatic rings. The van der Waals surface area contributed by atoms with Crippen LogP contribution in [0.15, 0.2) is 29.2 Å². The zero-order valence-electron chi connectivity index (χ0n) is 8.49. The van der Waals surface area contributed by atoms with Gasteiger partial charge in [0.25, 0.3) is 10.1 Å². The molecule has 0 amide bonds. The van der Waals surface area contributed by atoms with Crippen molar-refractivity contribution >= 4 is 32.0 Å². The van der Waals surface area contributed by atoms with Crippen LogP contribution in [-0.4, -0.2) is 33.4 Å². The van der Waals surface area contributed by atoms with Crippen LogP contribution >= 0.6 is 0 Å². The highest BCUT2D eigenvalue weighted by Gasteiger charge is 2.18. The SMILES string of the molecule is N=CCS(=O)(=O)Nc1ccccc1S(=O)(=O)O. The highest BCUT2D eigenvalue weighted by Crippen LogP contribution is 2.21. The summed E-state index contributed by atoms with van der Waals surface area (Å²) in [4.78, 5) is -0.534. The molecule has 0 saturated carbocycles. The van der Waals surface area contributed by atoms with Gasteiger partial charge >= 0.3 is 0 Å². The third-order valence-corrected chi connectivity index (χ3v) is 3.78. The molecule has 1 aromatic carbocycles. The summed E-state index contributed by atoms with van der Waals surface area (Å²) in [5, 5.41) is 6.69. The summed E-state index contributed by atoms with van der Waals surface area (Å²) >= 11 is 0. The van der Waals surface area contributed by atoms with E-state index in [1.807, 2.05) is 4.72 Å². The Morgan fingerprint density at radius 2 is 1.82 bits per heavy atom.